The summed E-state index contributed by atoms with van der Waals surface area (Å²) in [6.07, 6.45) is 6.86. The van der Waals surface area contributed by atoms with E-state index in [9.17, 15) is 28.4 Å². The highest BCUT2D eigenvalue weighted by Crippen LogP contribution is 2.38. The summed E-state index contributed by atoms with van der Waals surface area (Å²) in [4.78, 5) is 70.6. The minimum absolute atomic E-state index is 0.0190. The standard InChI is InChI=1S/C38H37Cl2FN8O6/c1-20(32-25(39)7-8-26(41)34(32)40)55-29-16-21(17-44-35(29)42)22-18-45-48(19-22)23-11-14-47(15-12-23)31(51)6-3-13-43-27-5-2-4-24-33(27)38(54)49(37(24)53)28-9-10-30(50)46-36(28)52/h2,4-5,7-8,16-20,23,28,43H,3,6,9-15H2,1H3,(H2,42,44)(H,46,50,52). The maximum absolute atomic E-state index is 14.1. The molecular formula is C38H37Cl2FN8O6. The fraction of sp³-hybridized carbons (Fsp3) is 0.342. The quantitative estimate of drug-likeness (QED) is 0.0987. The zero-order chi connectivity index (χ0) is 39.0. The molecule has 7 rings (SSSR count). The number of rotatable bonds is 11. The molecule has 5 heterocycles. The molecule has 4 N–H and O–H groups in total. The number of piperidine rings is 2. The summed E-state index contributed by atoms with van der Waals surface area (Å²) >= 11 is 12.5. The highest BCUT2D eigenvalue weighted by molar-refractivity contribution is 6.36. The van der Waals surface area contributed by atoms with Crippen LogP contribution in [0.2, 0.25) is 10.0 Å². The fourth-order valence-corrected chi connectivity index (χ4v) is 7.90. The summed E-state index contributed by atoms with van der Waals surface area (Å²) in [7, 11) is 0. The first-order chi connectivity index (χ1) is 26.4. The van der Waals surface area contributed by atoms with Crippen molar-refractivity contribution in [3.63, 3.8) is 0 Å². The largest absolute Gasteiger partial charge is 0.482 e. The van der Waals surface area contributed by atoms with Gasteiger partial charge in [0.1, 0.15) is 18.0 Å². The highest BCUT2D eigenvalue weighted by Gasteiger charge is 2.45. The second kappa shape index (κ2) is 15.7. The van der Waals surface area contributed by atoms with Gasteiger partial charge in [-0.05, 0) is 62.9 Å². The van der Waals surface area contributed by atoms with Gasteiger partial charge in [-0.15, -0.1) is 0 Å². The number of ether oxygens (including phenoxy) is 1. The molecule has 2 fully saturated rings. The van der Waals surface area contributed by atoms with Gasteiger partial charge >= 0.3 is 0 Å². The molecule has 0 saturated carbocycles. The zero-order valence-corrected chi connectivity index (χ0v) is 31.2. The van der Waals surface area contributed by atoms with E-state index < -0.39 is 41.6 Å². The number of hydrogen-bond acceptors (Lipinski definition) is 10. The Kier molecular flexibility index (Phi) is 10.8. The molecule has 286 valence electrons. The van der Waals surface area contributed by atoms with Crippen LogP contribution in [0.5, 0.6) is 5.75 Å². The van der Waals surface area contributed by atoms with E-state index in [0.29, 0.717) is 62.1 Å². The second-order valence-corrected chi connectivity index (χ2v) is 14.4. The Balaban J connectivity index is 0.899. The van der Waals surface area contributed by atoms with Gasteiger partial charge in [0.05, 0.1) is 28.4 Å². The predicted octanol–water partition coefficient (Wildman–Crippen LogP) is 5.57. The molecule has 2 saturated heterocycles. The number of nitrogens with two attached hydrogens (primary N) is 1. The van der Waals surface area contributed by atoms with Crippen LogP contribution in [-0.4, -0.2) is 79.8 Å². The number of nitrogens with zero attached hydrogens (tertiary/aromatic N) is 5. The van der Waals surface area contributed by atoms with E-state index in [-0.39, 0.29) is 57.5 Å². The van der Waals surface area contributed by atoms with E-state index in [4.69, 9.17) is 33.7 Å². The van der Waals surface area contributed by atoms with Crippen molar-refractivity contribution in [2.45, 2.75) is 63.6 Å². The molecule has 3 aliphatic rings. The number of aromatic nitrogens is 3. The van der Waals surface area contributed by atoms with Gasteiger partial charge in [-0.25, -0.2) is 9.37 Å². The Labute approximate surface area is 325 Å². The summed E-state index contributed by atoms with van der Waals surface area (Å²) in [5.41, 5.74) is 8.73. The van der Waals surface area contributed by atoms with Gasteiger partial charge in [-0.2, -0.15) is 5.10 Å². The predicted molar refractivity (Wildman–Crippen MR) is 201 cm³/mol. The monoisotopic (exact) mass is 790 g/mol. The van der Waals surface area contributed by atoms with Crippen LogP contribution in [0.3, 0.4) is 0 Å². The second-order valence-electron chi connectivity index (χ2n) is 13.7. The number of carbonyl (C=O) groups excluding carboxylic acids is 5. The number of pyridine rings is 1. The van der Waals surface area contributed by atoms with Crippen LogP contribution in [0.15, 0.2) is 55.0 Å². The van der Waals surface area contributed by atoms with Crippen LogP contribution in [0.4, 0.5) is 15.9 Å². The molecule has 2 unspecified atom stereocenters. The maximum atomic E-state index is 14.1. The number of nitrogens with one attached hydrogen (secondary N) is 2. The Hall–Kier alpha value is -5.54. The first-order valence-corrected chi connectivity index (χ1v) is 18.6. The molecule has 2 aromatic heterocycles. The third kappa shape index (κ3) is 7.58. The summed E-state index contributed by atoms with van der Waals surface area (Å²) in [5.74, 6) is -2.43. The number of halogens is 3. The summed E-state index contributed by atoms with van der Waals surface area (Å²) in [5, 5.41) is 10.1. The van der Waals surface area contributed by atoms with E-state index in [1.807, 2.05) is 15.8 Å². The van der Waals surface area contributed by atoms with Gasteiger partial charge in [0.25, 0.3) is 11.8 Å². The Morgan fingerprint density at radius 2 is 1.85 bits per heavy atom. The number of nitrogen functional groups attached to an aromatic ring is 1. The molecule has 2 aromatic carbocycles. The van der Waals surface area contributed by atoms with Gasteiger partial charge in [0.15, 0.2) is 11.6 Å². The number of fused-ring (bicyclic) bond motifs is 1. The lowest BCUT2D eigenvalue weighted by Crippen LogP contribution is -2.54. The molecular weight excluding hydrogens is 754 g/mol. The Morgan fingerprint density at radius 3 is 2.62 bits per heavy atom. The van der Waals surface area contributed by atoms with Crippen molar-refractivity contribution in [1.82, 2.24) is 29.9 Å². The van der Waals surface area contributed by atoms with Crippen LogP contribution in [0.25, 0.3) is 11.1 Å². The van der Waals surface area contributed by atoms with E-state index in [2.05, 4.69) is 20.7 Å². The molecule has 0 bridgehead atoms. The van der Waals surface area contributed by atoms with Crippen molar-refractivity contribution in [3.05, 3.63) is 87.5 Å². The summed E-state index contributed by atoms with van der Waals surface area (Å²) in [6.45, 7) is 3.20. The van der Waals surface area contributed by atoms with Crippen molar-refractivity contribution in [2.24, 2.45) is 0 Å². The molecule has 17 heteroatoms. The molecule has 14 nitrogen and oxygen atoms in total. The average Bonchev–Trinajstić information content (AvgIpc) is 3.76. The molecule has 4 aromatic rings. The number of anilines is 2. The summed E-state index contributed by atoms with van der Waals surface area (Å²) in [6, 6.07) is 8.25. The first-order valence-electron chi connectivity index (χ1n) is 17.9. The Morgan fingerprint density at radius 1 is 1.07 bits per heavy atom. The van der Waals surface area contributed by atoms with Crippen LogP contribution >= 0.6 is 23.2 Å². The van der Waals surface area contributed by atoms with Crippen molar-refractivity contribution < 1.29 is 33.1 Å². The number of carbonyl (C=O) groups is 5. The van der Waals surface area contributed by atoms with Crippen LogP contribution in [0.1, 0.15) is 83.9 Å². The smallest absolute Gasteiger partial charge is 0.264 e. The van der Waals surface area contributed by atoms with Gasteiger partial charge in [0, 0.05) is 72.3 Å². The average molecular weight is 792 g/mol. The van der Waals surface area contributed by atoms with Crippen LogP contribution < -0.4 is 21.1 Å². The molecule has 2 atom stereocenters. The van der Waals surface area contributed by atoms with Crippen molar-refractivity contribution in [2.75, 3.05) is 30.7 Å². The minimum atomic E-state index is -1.05. The third-order valence-electron chi connectivity index (χ3n) is 10.1. The number of amides is 5. The van der Waals surface area contributed by atoms with Gasteiger partial charge < -0.3 is 20.7 Å². The normalized spacial score (nSPS) is 18.0. The lowest BCUT2D eigenvalue weighted by Gasteiger charge is -2.32. The zero-order valence-electron chi connectivity index (χ0n) is 29.7. The fourth-order valence-electron chi connectivity index (χ4n) is 7.22. The van der Waals surface area contributed by atoms with Crippen molar-refractivity contribution >= 4 is 64.2 Å². The molecule has 3 aliphatic heterocycles. The molecule has 0 spiro atoms. The SMILES string of the molecule is CC(Oc1cc(-c2cnn(C3CCN(C(=O)CCCNc4cccc5c4C(=O)N(C4CCC(=O)NC4=O)C5=O)CC3)c2)cnc1N)c1c(Cl)ccc(F)c1Cl. The molecule has 0 radical (unpaired) electrons. The minimum Gasteiger partial charge on any atom is -0.482 e. The lowest BCUT2D eigenvalue weighted by molar-refractivity contribution is -0.136. The van der Waals surface area contributed by atoms with Gasteiger partial charge in [-0.3, -0.25) is 38.9 Å². The van der Waals surface area contributed by atoms with Gasteiger partial charge in [-0.1, -0.05) is 29.3 Å². The van der Waals surface area contributed by atoms with Crippen LogP contribution in [0, 0.1) is 5.82 Å². The maximum Gasteiger partial charge on any atom is 0.264 e. The topological polar surface area (TPSA) is 182 Å². The van der Waals surface area contributed by atoms with E-state index in [0.717, 1.165) is 10.5 Å². The van der Waals surface area contributed by atoms with Crippen molar-refractivity contribution in [1.29, 1.82) is 0 Å². The first kappa shape index (κ1) is 37.8. The van der Waals surface area contributed by atoms with E-state index >= 15 is 0 Å². The molecule has 55 heavy (non-hydrogen) atoms. The summed E-state index contributed by atoms with van der Waals surface area (Å²) < 4.78 is 22.1. The number of hydrogen-bond donors (Lipinski definition) is 3. The van der Waals surface area contributed by atoms with E-state index in [1.165, 1.54) is 18.2 Å². The Bertz CT molecular complexity index is 2210. The highest BCUT2D eigenvalue weighted by atomic mass is 35.5. The lowest BCUT2D eigenvalue weighted by atomic mass is 10.0. The van der Waals surface area contributed by atoms with E-state index in [1.54, 1.807) is 37.5 Å². The van der Waals surface area contributed by atoms with Crippen LogP contribution in [-0.2, 0) is 14.4 Å². The number of benzene rings is 2. The number of likely N-dealkylation sites (tertiary alicyclic amines) is 1. The van der Waals surface area contributed by atoms with Gasteiger partial charge in [0.2, 0.25) is 17.7 Å². The third-order valence-corrected chi connectivity index (χ3v) is 10.9. The molecule has 5 amide bonds. The number of imide groups is 2. The van der Waals surface area contributed by atoms with Crippen molar-refractivity contribution in [3.8, 4) is 16.9 Å². The molecule has 0 aliphatic carbocycles.